The van der Waals surface area contributed by atoms with Gasteiger partial charge in [0.1, 0.15) is 6.04 Å². The number of hydrogen-bond acceptors (Lipinski definition) is 8. The Labute approximate surface area is 188 Å². The maximum absolute atomic E-state index is 13.0. The fourth-order valence-corrected chi connectivity index (χ4v) is 4.13. The SMILES string of the molecule is O=C1CCC(N2Cc3ccc(-n4cc(C(=O)NCC5COCCO5)nn4)cc3C2=O)C(=O)N1. The number of ether oxygens (including phenoxy) is 2. The zero-order valence-corrected chi connectivity index (χ0v) is 17.7. The molecule has 2 aromatic rings. The number of nitrogens with zero attached hydrogens (tertiary/aromatic N) is 4. The van der Waals surface area contributed by atoms with E-state index in [0.29, 0.717) is 50.6 Å². The highest BCUT2D eigenvalue weighted by molar-refractivity contribution is 6.05. The largest absolute Gasteiger partial charge is 0.376 e. The Kier molecular flexibility index (Phi) is 5.60. The molecule has 1 aromatic carbocycles. The monoisotopic (exact) mass is 454 g/mol. The van der Waals surface area contributed by atoms with Crippen molar-refractivity contribution in [1.29, 1.82) is 0 Å². The van der Waals surface area contributed by atoms with E-state index >= 15 is 0 Å². The molecule has 1 aromatic heterocycles. The van der Waals surface area contributed by atoms with Gasteiger partial charge in [0.05, 0.1) is 37.8 Å². The van der Waals surface area contributed by atoms with Crippen molar-refractivity contribution in [2.24, 2.45) is 0 Å². The van der Waals surface area contributed by atoms with Crippen LogP contribution in [0.4, 0.5) is 0 Å². The number of amides is 4. The van der Waals surface area contributed by atoms with Crippen LogP contribution in [0.5, 0.6) is 0 Å². The lowest BCUT2D eigenvalue weighted by molar-refractivity contribution is -0.136. The van der Waals surface area contributed by atoms with Gasteiger partial charge in [0.15, 0.2) is 5.69 Å². The highest BCUT2D eigenvalue weighted by Crippen LogP contribution is 2.29. The summed E-state index contributed by atoms with van der Waals surface area (Å²) in [5.41, 5.74) is 1.92. The summed E-state index contributed by atoms with van der Waals surface area (Å²) in [4.78, 5) is 50.5. The van der Waals surface area contributed by atoms with E-state index in [2.05, 4.69) is 20.9 Å². The van der Waals surface area contributed by atoms with Gasteiger partial charge in [-0.3, -0.25) is 24.5 Å². The second-order valence-electron chi connectivity index (χ2n) is 8.07. The first-order valence-corrected chi connectivity index (χ1v) is 10.7. The first-order valence-electron chi connectivity index (χ1n) is 10.7. The van der Waals surface area contributed by atoms with Crippen molar-refractivity contribution < 1.29 is 28.7 Å². The van der Waals surface area contributed by atoms with E-state index in [1.54, 1.807) is 18.2 Å². The summed E-state index contributed by atoms with van der Waals surface area (Å²) in [6.07, 6.45) is 1.78. The Morgan fingerprint density at radius 2 is 2.12 bits per heavy atom. The second-order valence-corrected chi connectivity index (χ2v) is 8.07. The highest BCUT2D eigenvalue weighted by atomic mass is 16.6. The number of nitrogens with one attached hydrogen (secondary N) is 2. The molecule has 0 bridgehead atoms. The third-order valence-electron chi connectivity index (χ3n) is 5.88. The molecule has 2 atom stereocenters. The molecule has 172 valence electrons. The molecule has 4 amide bonds. The number of carbonyl (C=O) groups excluding carboxylic acids is 4. The predicted octanol–water partition coefficient (Wildman–Crippen LogP) is -0.826. The van der Waals surface area contributed by atoms with E-state index in [1.165, 1.54) is 15.8 Å². The Bertz CT molecular complexity index is 1120. The van der Waals surface area contributed by atoms with Crippen LogP contribution in [-0.4, -0.2) is 82.0 Å². The van der Waals surface area contributed by atoms with E-state index in [-0.39, 0.29) is 30.0 Å². The second kappa shape index (κ2) is 8.71. The van der Waals surface area contributed by atoms with Gasteiger partial charge >= 0.3 is 0 Å². The van der Waals surface area contributed by atoms with Gasteiger partial charge in [-0.2, -0.15) is 0 Å². The van der Waals surface area contributed by atoms with Gasteiger partial charge in [0.25, 0.3) is 11.8 Å². The third-order valence-corrected chi connectivity index (χ3v) is 5.88. The van der Waals surface area contributed by atoms with Gasteiger partial charge in [-0.05, 0) is 24.1 Å². The number of aromatic nitrogens is 3. The Hall–Kier alpha value is -3.64. The number of benzene rings is 1. The highest BCUT2D eigenvalue weighted by Gasteiger charge is 2.39. The van der Waals surface area contributed by atoms with Gasteiger partial charge in [-0.1, -0.05) is 11.3 Å². The zero-order chi connectivity index (χ0) is 22.9. The molecule has 3 aliphatic heterocycles. The average Bonchev–Trinajstić information content (AvgIpc) is 3.44. The van der Waals surface area contributed by atoms with E-state index in [9.17, 15) is 19.2 Å². The van der Waals surface area contributed by atoms with Crippen molar-refractivity contribution in [3.8, 4) is 5.69 Å². The van der Waals surface area contributed by atoms with Crippen LogP contribution in [-0.2, 0) is 25.6 Å². The summed E-state index contributed by atoms with van der Waals surface area (Å²) in [7, 11) is 0. The summed E-state index contributed by atoms with van der Waals surface area (Å²) in [6.45, 7) is 2.06. The smallest absolute Gasteiger partial charge is 0.273 e. The topological polar surface area (TPSA) is 145 Å². The van der Waals surface area contributed by atoms with Gasteiger partial charge < -0.3 is 19.7 Å². The molecule has 2 saturated heterocycles. The van der Waals surface area contributed by atoms with Crippen molar-refractivity contribution in [3.63, 3.8) is 0 Å². The minimum atomic E-state index is -0.675. The number of fused-ring (bicyclic) bond motifs is 1. The Morgan fingerprint density at radius 3 is 2.91 bits per heavy atom. The van der Waals surface area contributed by atoms with Gasteiger partial charge in [0, 0.05) is 25.1 Å². The molecule has 2 N–H and O–H groups in total. The van der Waals surface area contributed by atoms with Crippen LogP contribution in [0.25, 0.3) is 5.69 Å². The van der Waals surface area contributed by atoms with Gasteiger partial charge in [0.2, 0.25) is 11.8 Å². The number of carbonyl (C=O) groups is 4. The molecule has 0 aliphatic carbocycles. The van der Waals surface area contributed by atoms with E-state index < -0.39 is 17.9 Å². The molecule has 0 radical (unpaired) electrons. The van der Waals surface area contributed by atoms with Crippen LogP contribution >= 0.6 is 0 Å². The van der Waals surface area contributed by atoms with Crippen molar-refractivity contribution >= 4 is 23.6 Å². The molecule has 12 nitrogen and oxygen atoms in total. The van der Waals surface area contributed by atoms with Crippen LogP contribution < -0.4 is 10.6 Å². The van der Waals surface area contributed by atoms with Crippen molar-refractivity contribution in [1.82, 2.24) is 30.5 Å². The lowest BCUT2D eigenvalue weighted by atomic mass is 10.0. The molecule has 5 rings (SSSR count). The summed E-state index contributed by atoms with van der Waals surface area (Å²) in [5.74, 6) is -1.45. The standard InChI is InChI=1S/C21H22N6O6/c28-18-4-3-17(20(30)23-18)26-9-12-1-2-13(7-15(12)21(26)31)27-10-16(24-25-27)19(29)22-8-14-11-32-5-6-33-14/h1-2,7,10,14,17H,3-6,8-9,11H2,(H,22,29)(H,23,28,30). The van der Waals surface area contributed by atoms with Crippen LogP contribution in [0.1, 0.15) is 39.3 Å². The Balaban J connectivity index is 1.27. The molecule has 4 heterocycles. The molecule has 33 heavy (non-hydrogen) atoms. The molecule has 0 spiro atoms. The maximum Gasteiger partial charge on any atom is 0.273 e. The fourth-order valence-electron chi connectivity index (χ4n) is 4.13. The summed E-state index contributed by atoms with van der Waals surface area (Å²) in [5, 5.41) is 13.0. The normalized spacial score (nSPS) is 22.8. The minimum absolute atomic E-state index is 0.128. The van der Waals surface area contributed by atoms with E-state index in [0.717, 1.165) is 5.56 Å². The van der Waals surface area contributed by atoms with Crippen molar-refractivity contribution in [2.75, 3.05) is 26.4 Å². The summed E-state index contributed by atoms with van der Waals surface area (Å²) in [6, 6.07) is 4.54. The molecule has 12 heteroatoms. The minimum Gasteiger partial charge on any atom is -0.376 e. The third kappa shape index (κ3) is 4.22. The number of rotatable bonds is 5. The predicted molar refractivity (Wildman–Crippen MR) is 110 cm³/mol. The van der Waals surface area contributed by atoms with Gasteiger partial charge in [-0.15, -0.1) is 5.10 Å². The Morgan fingerprint density at radius 1 is 1.24 bits per heavy atom. The van der Waals surface area contributed by atoms with E-state index in [1.807, 2.05) is 0 Å². The molecule has 2 unspecified atom stereocenters. The van der Waals surface area contributed by atoms with Crippen LogP contribution in [0.15, 0.2) is 24.4 Å². The van der Waals surface area contributed by atoms with E-state index in [4.69, 9.17) is 9.47 Å². The molecule has 0 saturated carbocycles. The van der Waals surface area contributed by atoms with Gasteiger partial charge in [-0.25, -0.2) is 4.68 Å². The molecule has 3 aliphatic rings. The number of piperidine rings is 1. The van der Waals surface area contributed by atoms with Crippen molar-refractivity contribution in [3.05, 3.63) is 41.2 Å². The molecule has 2 fully saturated rings. The first-order chi connectivity index (χ1) is 16.0. The number of imide groups is 1. The summed E-state index contributed by atoms with van der Waals surface area (Å²) >= 11 is 0. The summed E-state index contributed by atoms with van der Waals surface area (Å²) < 4.78 is 12.2. The lowest BCUT2D eigenvalue weighted by Crippen LogP contribution is -2.52. The fraction of sp³-hybridized carbons (Fsp3) is 0.429. The lowest BCUT2D eigenvalue weighted by Gasteiger charge is -2.29. The quantitative estimate of drug-likeness (QED) is 0.557. The molecular formula is C21H22N6O6. The van der Waals surface area contributed by atoms with Crippen LogP contribution in [0.3, 0.4) is 0 Å². The average molecular weight is 454 g/mol. The first kappa shape index (κ1) is 21.2. The maximum atomic E-state index is 13.0. The molecular weight excluding hydrogens is 432 g/mol. The van der Waals surface area contributed by atoms with Crippen molar-refractivity contribution in [2.45, 2.75) is 31.5 Å². The van der Waals surface area contributed by atoms with Crippen LogP contribution in [0.2, 0.25) is 0 Å². The zero-order valence-electron chi connectivity index (χ0n) is 17.7. The van der Waals surface area contributed by atoms with Crippen LogP contribution in [0, 0.1) is 0 Å². The number of hydrogen-bond donors (Lipinski definition) is 2.